The minimum absolute atomic E-state index is 0.491. The third-order valence-corrected chi connectivity index (χ3v) is 4.18. The number of hydrogen-bond donors (Lipinski definition) is 0. The van der Waals surface area contributed by atoms with E-state index in [2.05, 4.69) is 6.58 Å². The van der Waals surface area contributed by atoms with Crippen LogP contribution < -0.4 is 0 Å². The maximum absolute atomic E-state index is 11.9. The Bertz CT molecular complexity index is 391. The molecule has 0 aromatic rings. The molecule has 0 atom stereocenters. The minimum Gasteiger partial charge on any atom is -0.456 e. The van der Waals surface area contributed by atoms with Gasteiger partial charge in [0.2, 0.25) is 0 Å². The summed E-state index contributed by atoms with van der Waals surface area (Å²) in [6.45, 7) is 12.9. The summed E-state index contributed by atoms with van der Waals surface area (Å²) < 4.78 is 27.7. The Hall–Kier alpha value is -0.840. The van der Waals surface area contributed by atoms with Crippen LogP contribution in [0, 0.1) is 0 Å². The highest BCUT2D eigenvalue weighted by molar-refractivity contribution is 7.97. The van der Waals surface area contributed by atoms with Gasteiger partial charge in [0.05, 0.1) is 4.75 Å². The molecule has 0 fully saturated rings. The van der Waals surface area contributed by atoms with Gasteiger partial charge in [-0.05, 0) is 41.5 Å². The molecule has 94 valence electrons. The van der Waals surface area contributed by atoms with E-state index < -0.39 is 31.1 Å². The fourth-order valence-electron chi connectivity index (χ4n) is 0.814. The Morgan fingerprint density at radius 2 is 1.44 bits per heavy atom. The van der Waals surface area contributed by atoms with Crippen LogP contribution in [-0.2, 0) is 19.4 Å². The second-order valence-corrected chi connectivity index (χ2v) is 8.27. The molecule has 16 heavy (non-hydrogen) atoms. The van der Waals surface area contributed by atoms with Crippen LogP contribution in [0.3, 0.4) is 0 Å². The van der Waals surface area contributed by atoms with Gasteiger partial charge in [-0.1, -0.05) is 6.58 Å². The highest BCUT2D eigenvalue weighted by Gasteiger charge is 2.37. The van der Waals surface area contributed by atoms with Gasteiger partial charge in [-0.2, -0.15) is 0 Å². The molecule has 0 unspecified atom stereocenters. The fraction of sp³-hybridized carbons (Fsp3) is 0.727. The average molecular weight is 248 g/mol. The zero-order valence-electron chi connectivity index (χ0n) is 10.7. The number of ether oxygens (including phenoxy) is 1. The van der Waals surface area contributed by atoms with Crippen LogP contribution >= 0.6 is 0 Å². The summed E-state index contributed by atoms with van der Waals surface area (Å²) in [5.74, 6) is -0.887. The first-order chi connectivity index (χ1) is 6.79. The molecule has 0 aromatic carbocycles. The summed E-state index contributed by atoms with van der Waals surface area (Å²) in [4.78, 5) is 11.1. The van der Waals surface area contributed by atoms with Gasteiger partial charge in [-0.25, -0.2) is 13.2 Å². The summed E-state index contributed by atoms with van der Waals surface area (Å²) in [5.41, 5.74) is -0.729. The molecule has 0 bridgehead atoms. The third-order valence-electron chi connectivity index (χ3n) is 1.76. The van der Waals surface area contributed by atoms with Crippen LogP contribution in [0.2, 0.25) is 0 Å². The molecule has 0 spiro atoms. The van der Waals surface area contributed by atoms with Crippen LogP contribution in [-0.4, -0.2) is 24.7 Å². The Kier molecular flexibility index (Phi) is 3.98. The predicted molar refractivity (Wildman–Crippen MR) is 63.7 cm³/mol. The molecule has 0 aromatic heterocycles. The Morgan fingerprint density at radius 3 is 1.69 bits per heavy atom. The van der Waals surface area contributed by atoms with Gasteiger partial charge in [0.25, 0.3) is 0 Å². The van der Waals surface area contributed by atoms with Crippen LogP contribution in [0.4, 0.5) is 0 Å². The molecular weight excluding hydrogens is 228 g/mol. The lowest BCUT2D eigenvalue weighted by molar-refractivity contribution is -0.148. The van der Waals surface area contributed by atoms with Crippen molar-refractivity contribution >= 4 is 15.8 Å². The van der Waals surface area contributed by atoms with E-state index in [9.17, 15) is 13.2 Å². The molecule has 5 heteroatoms. The maximum atomic E-state index is 11.9. The monoisotopic (exact) mass is 248 g/mol. The molecule has 0 saturated heterocycles. The van der Waals surface area contributed by atoms with Gasteiger partial charge in [-0.15, -0.1) is 0 Å². The van der Waals surface area contributed by atoms with Gasteiger partial charge in [0.1, 0.15) is 10.5 Å². The molecule has 0 heterocycles. The van der Waals surface area contributed by atoms with Gasteiger partial charge in [-0.3, -0.25) is 0 Å². The smallest absolute Gasteiger partial charge is 0.349 e. The van der Waals surface area contributed by atoms with Crippen LogP contribution in [0.15, 0.2) is 11.5 Å². The van der Waals surface area contributed by atoms with Crippen LogP contribution in [0.25, 0.3) is 0 Å². The van der Waals surface area contributed by atoms with E-state index in [1.165, 1.54) is 20.8 Å². The third kappa shape index (κ3) is 3.63. The van der Waals surface area contributed by atoms with E-state index in [1.807, 2.05) is 0 Å². The normalized spacial score (nSPS) is 13.4. The highest BCUT2D eigenvalue weighted by Crippen LogP contribution is 2.24. The Balaban J connectivity index is 5.06. The molecule has 0 N–H and O–H groups in total. The standard InChI is InChI=1S/C11H20O4S/c1-8(9(12)15-10(2,3)4)16(13,14)11(5,6)7/h1H2,2-7H3. The highest BCUT2D eigenvalue weighted by atomic mass is 32.2. The first-order valence-corrected chi connectivity index (χ1v) is 6.44. The first-order valence-electron chi connectivity index (χ1n) is 4.96. The lowest BCUT2D eigenvalue weighted by Crippen LogP contribution is -2.34. The van der Waals surface area contributed by atoms with E-state index in [0.717, 1.165) is 0 Å². The molecule has 0 rings (SSSR count). The fourth-order valence-corrected chi connectivity index (χ4v) is 1.81. The number of rotatable bonds is 2. The second-order valence-electron chi connectivity index (χ2n) is 5.54. The summed E-state index contributed by atoms with van der Waals surface area (Å²) in [6.07, 6.45) is 0. The number of carbonyl (C=O) groups excluding carboxylic acids is 1. The zero-order valence-corrected chi connectivity index (χ0v) is 11.6. The number of hydrogen-bond acceptors (Lipinski definition) is 4. The van der Waals surface area contributed by atoms with Crippen molar-refractivity contribution in [2.45, 2.75) is 51.9 Å². The second kappa shape index (κ2) is 4.20. The molecule has 0 aliphatic carbocycles. The number of carbonyl (C=O) groups is 1. The van der Waals surface area contributed by atoms with Crippen molar-refractivity contribution in [3.05, 3.63) is 11.5 Å². The lowest BCUT2D eigenvalue weighted by Gasteiger charge is -2.23. The summed E-state index contributed by atoms with van der Waals surface area (Å²) in [6, 6.07) is 0. The van der Waals surface area contributed by atoms with Crippen molar-refractivity contribution in [3.63, 3.8) is 0 Å². The summed E-state index contributed by atoms with van der Waals surface area (Å²) in [5, 5.41) is 0. The molecule has 0 aliphatic rings. The van der Waals surface area contributed by atoms with Crippen molar-refractivity contribution in [2.75, 3.05) is 0 Å². The molecular formula is C11H20O4S. The number of esters is 1. The lowest BCUT2D eigenvalue weighted by atomic mass is 10.2. The SMILES string of the molecule is C=C(C(=O)OC(C)(C)C)S(=O)(=O)C(C)(C)C. The van der Waals surface area contributed by atoms with Crippen molar-refractivity contribution in [2.24, 2.45) is 0 Å². The van der Waals surface area contributed by atoms with E-state index in [-0.39, 0.29) is 0 Å². The molecule has 0 amide bonds. The summed E-state index contributed by atoms with van der Waals surface area (Å²) >= 11 is 0. The van der Waals surface area contributed by atoms with E-state index in [0.29, 0.717) is 0 Å². The predicted octanol–water partition coefficient (Wildman–Crippen LogP) is 2.06. The van der Waals surface area contributed by atoms with Crippen molar-refractivity contribution in [1.29, 1.82) is 0 Å². The molecule has 0 saturated carbocycles. The minimum atomic E-state index is -3.72. The van der Waals surface area contributed by atoms with Crippen molar-refractivity contribution < 1.29 is 17.9 Å². The van der Waals surface area contributed by atoms with Crippen molar-refractivity contribution in [3.8, 4) is 0 Å². The first kappa shape index (κ1) is 15.2. The van der Waals surface area contributed by atoms with Gasteiger partial charge in [0, 0.05) is 0 Å². The summed E-state index contributed by atoms with van der Waals surface area (Å²) in [7, 11) is -3.72. The molecule has 4 nitrogen and oxygen atoms in total. The zero-order chi connectivity index (χ0) is 13.4. The number of sulfone groups is 1. The quantitative estimate of drug-likeness (QED) is 0.554. The van der Waals surface area contributed by atoms with Gasteiger partial charge in [0.15, 0.2) is 9.84 Å². The topological polar surface area (TPSA) is 60.4 Å². The van der Waals surface area contributed by atoms with E-state index in [4.69, 9.17) is 4.74 Å². The Morgan fingerprint density at radius 1 is 1.06 bits per heavy atom. The Labute approximate surface area is 97.6 Å². The van der Waals surface area contributed by atoms with Crippen LogP contribution in [0.5, 0.6) is 0 Å². The molecule has 0 radical (unpaired) electrons. The van der Waals surface area contributed by atoms with Crippen LogP contribution in [0.1, 0.15) is 41.5 Å². The molecule has 0 aliphatic heterocycles. The van der Waals surface area contributed by atoms with E-state index >= 15 is 0 Å². The van der Waals surface area contributed by atoms with Gasteiger partial charge >= 0.3 is 5.97 Å². The van der Waals surface area contributed by atoms with Gasteiger partial charge < -0.3 is 4.74 Å². The van der Waals surface area contributed by atoms with E-state index in [1.54, 1.807) is 20.8 Å². The van der Waals surface area contributed by atoms with Crippen molar-refractivity contribution in [1.82, 2.24) is 0 Å². The maximum Gasteiger partial charge on any atom is 0.349 e. The largest absolute Gasteiger partial charge is 0.456 e. The average Bonchev–Trinajstić information content (AvgIpc) is 1.97.